The third kappa shape index (κ3) is 2.48. The fourth-order valence-electron chi connectivity index (χ4n) is 2.69. The van der Waals surface area contributed by atoms with E-state index in [1.54, 1.807) is 15.6 Å². The predicted octanol–water partition coefficient (Wildman–Crippen LogP) is 3.11. The van der Waals surface area contributed by atoms with Gasteiger partial charge in [-0.15, -0.1) is 0 Å². The molecule has 0 N–H and O–H groups in total. The first-order valence-electron chi connectivity index (χ1n) is 6.74. The second-order valence-electron chi connectivity index (χ2n) is 5.22. The maximum absolute atomic E-state index is 13.5. The molecule has 0 saturated heterocycles. The number of benzene rings is 1. The van der Waals surface area contributed by atoms with E-state index in [0.29, 0.717) is 25.1 Å². The Bertz CT molecular complexity index is 726. The van der Waals surface area contributed by atoms with Crippen molar-refractivity contribution in [2.45, 2.75) is 26.3 Å². The van der Waals surface area contributed by atoms with Crippen LogP contribution in [-0.2, 0) is 24.8 Å². The van der Waals surface area contributed by atoms with Crippen LogP contribution in [0.4, 0.5) is 10.1 Å². The van der Waals surface area contributed by atoms with Gasteiger partial charge in [0, 0.05) is 13.5 Å². The number of carbonyl (C=O) groups is 1. The number of nitrogens with zero attached hydrogens (tertiary/aromatic N) is 3. The molecule has 6 heteroatoms. The molecule has 0 bridgehead atoms. The Kier molecular flexibility index (Phi) is 3.57. The summed E-state index contributed by atoms with van der Waals surface area (Å²) in [4.78, 5) is 13.9. The van der Waals surface area contributed by atoms with Crippen LogP contribution in [0, 0.1) is 12.7 Å². The highest BCUT2D eigenvalue weighted by molar-refractivity contribution is 9.10. The quantitative estimate of drug-likeness (QED) is 0.833. The van der Waals surface area contributed by atoms with Crippen molar-refractivity contribution >= 4 is 27.5 Å². The first-order chi connectivity index (χ1) is 9.97. The Labute approximate surface area is 130 Å². The Morgan fingerprint density at radius 1 is 1.38 bits per heavy atom. The van der Waals surface area contributed by atoms with Gasteiger partial charge in [-0.3, -0.25) is 9.48 Å². The molecule has 0 spiro atoms. The molecule has 0 saturated carbocycles. The van der Waals surface area contributed by atoms with Crippen molar-refractivity contribution in [1.82, 2.24) is 9.78 Å². The maximum atomic E-state index is 13.5. The van der Waals surface area contributed by atoms with E-state index in [0.717, 1.165) is 21.4 Å². The number of aromatic nitrogens is 2. The number of aryl methyl sites for hydroxylation is 3. The summed E-state index contributed by atoms with van der Waals surface area (Å²) in [6.07, 6.45) is 1.11. The van der Waals surface area contributed by atoms with Gasteiger partial charge < -0.3 is 4.90 Å². The molecule has 0 atom stereocenters. The molecule has 0 radical (unpaired) electrons. The van der Waals surface area contributed by atoms with Gasteiger partial charge in [0.05, 0.1) is 28.1 Å². The van der Waals surface area contributed by atoms with Crippen LogP contribution in [0.3, 0.4) is 0 Å². The van der Waals surface area contributed by atoms with E-state index in [1.165, 1.54) is 12.1 Å². The van der Waals surface area contributed by atoms with Crippen LogP contribution in [0.2, 0.25) is 0 Å². The summed E-state index contributed by atoms with van der Waals surface area (Å²) in [6.45, 7) is 2.28. The highest BCUT2D eigenvalue weighted by Crippen LogP contribution is 2.31. The zero-order valence-corrected chi connectivity index (χ0v) is 13.4. The normalized spacial score (nSPS) is 14.5. The van der Waals surface area contributed by atoms with Crippen LogP contribution in [0.5, 0.6) is 0 Å². The minimum atomic E-state index is -0.325. The Morgan fingerprint density at radius 3 is 2.81 bits per heavy atom. The fraction of sp³-hybridized carbons (Fsp3) is 0.333. The van der Waals surface area contributed by atoms with Gasteiger partial charge in [-0.25, -0.2) is 4.39 Å². The van der Waals surface area contributed by atoms with E-state index < -0.39 is 0 Å². The molecule has 1 aromatic carbocycles. The molecule has 1 amide bonds. The Balaban J connectivity index is 2.02. The maximum Gasteiger partial charge on any atom is 0.227 e. The van der Waals surface area contributed by atoms with Crippen LogP contribution in [0.15, 0.2) is 22.7 Å². The molecule has 3 rings (SSSR count). The average molecular weight is 352 g/mol. The number of halogens is 2. The van der Waals surface area contributed by atoms with Gasteiger partial charge in [-0.05, 0) is 47.0 Å². The van der Waals surface area contributed by atoms with Crippen molar-refractivity contribution in [2.75, 3.05) is 4.90 Å². The summed E-state index contributed by atoms with van der Waals surface area (Å²) in [7, 11) is 1.84. The lowest BCUT2D eigenvalue weighted by Gasteiger charge is -2.29. The van der Waals surface area contributed by atoms with E-state index >= 15 is 0 Å². The second-order valence-corrected chi connectivity index (χ2v) is 6.02. The number of rotatable bonds is 2. The summed E-state index contributed by atoms with van der Waals surface area (Å²) in [5.41, 5.74) is 3.44. The highest BCUT2D eigenvalue weighted by atomic mass is 79.9. The number of hydrogen-bond donors (Lipinski definition) is 0. The van der Waals surface area contributed by atoms with Crippen LogP contribution in [0.1, 0.15) is 23.4 Å². The van der Waals surface area contributed by atoms with Crippen molar-refractivity contribution in [2.24, 2.45) is 7.05 Å². The zero-order valence-electron chi connectivity index (χ0n) is 11.9. The van der Waals surface area contributed by atoms with Gasteiger partial charge in [0.15, 0.2) is 0 Å². The van der Waals surface area contributed by atoms with Crippen LogP contribution in [-0.4, -0.2) is 15.7 Å². The second kappa shape index (κ2) is 5.26. The van der Waals surface area contributed by atoms with Crippen molar-refractivity contribution in [1.29, 1.82) is 0 Å². The summed E-state index contributed by atoms with van der Waals surface area (Å²) in [5, 5.41) is 4.33. The standard InChI is InChI=1S/C15H15BrFN3O/c1-9-15(16)13(19(2)18-9)8-20-12-7-11(17)5-3-10(12)4-6-14(20)21/h3,5,7H,4,6,8H2,1-2H3. The van der Waals surface area contributed by atoms with Gasteiger partial charge in [0.25, 0.3) is 0 Å². The van der Waals surface area contributed by atoms with Crippen LogP contribution >= 0.6 is 15.9 Å². The van der Waals surface area contributed by atoms with E-state index in [4.69, 9.17) is 0 Å². The Morgan fingerprint density at radius 2 is 2.14 bits per heavy atom. The lowest BCUT2D eigenvalue weighted by molar-refractivity contribution is -0.119. The van der Waals surface area contributed by atoms with E-state index in [2.05, 4.69) is 21.0 Å². The van der Waals surface area contributed by atoms with Crippen LogP contribution < -0.4 is 4.90 Å². The van der Waals surface area contributed by atoms with Gasteiger partial charge in [0.1, 0.15) is 5.82 Å². The minimum Gasteiger partial charge on any atom is -0.306 e. The van der Waals surface area contributed by atoms with Gasteiger partial charge in [-0.2, -0.15) is 5.10 Å². The molecular weight excluding hydrogens is 337 g/mol. The topological polar surface area (TPSA) is 38.1 Å². The summed E-state index contributed by atoms with van der Waals surface area (Å²) in [5.74, 6) is -0.312. The molecule has 4 nitrogen and oxygen atoms in total. The lowest BCUT2D eigenvalue weighted by atomic mass is 10.0. The molecule has 0 unspecified atom stereocenters. The monoisotopic (exact) mass is 351 g/mol. The van der Waals surface area contributed by atoms with E-state index in [9.17, 15) is 9.18 Å². The van der Waals surface area contributed by atoms with E-state index in [-0.39, 0.29) is 11.7 Å². The van der Waals surface area contributed by atoms with Crippen molar-refractivity contribution in [3.63, 3.8) is 0 Å². The molecule has 1 aromatic heterocycles. The third-order valence-corrected chi connectivity index (χ3v) is 4.85. The number of hydrogen-bond acceptors (Lipinski definition) is 2. The van der Waals surface area contributed by atoms with Crippen molar-refractivity contribution < 1.29 is 9.18 Å². The zero-order chi connectivity index (χ0) is 15.1. The first-order valence-corrected chi connectivity index (χ1v) is 7.53. The Hall–Kier alpha value is -1.69. The van der Waals surface area contributed by atoms with Crippen molar-refractivity contribution in [3.05, 3.63) is 45.4 Å². The van der Waals surface area contributed by atoms with Gasteiger partial charge in [-0.1, -0.05) is 6.07 Å². The van der Waals surface area contributed by atoms with Gasteiger partial charge >= 0.3 is 0 Å². The van der Waals surface area contributed by atoms with Gasteiger partial charge in [0.2, 0.25) is 5.91 Å². The molecule has 2 heterocycles. The highest BCUT2D eigenvalue weighted by Gasteiger charge is 2.26. The lowest BCUT2D eigenvalue weighted by Crippen LogP contribution is -2.35. The first kappa shape index (κ1) is 14.3. The number of amides is 1. The average Bonchev–Trinajstić information content (AvgIpc) is 2.68. The smallest absolute Gasteiger partial charge is 0.227 e. The molecule has 21 heavy (non-hydrogen) atoms. The molecule has 1 aliphatic rings. The third-order valence-electron chi connectivity index (χ3n) is 3.82. The van der Waals surface area contributed by atoms with Crippen LogP contribution in [0.25, 0.3) is 0 Å². The molecule has 0 aliphatic carbocycles. The summed E-state index contributed by atoms with van der Waals surface area (Å²) < 4.78 is 16.2. The summed E-state index contributed by atoms with van der Waals surface area (Å²) >= 11 is 3.51. The van der Waals surface area contributed by atoms with Crippen molar-refractivity contribution in [3.8, 4) is 0 Å². The molecule has 1 aliphatic heterocycles. The molecule has 110 valence electrons. The fourth-order valence-corrected chi connectivity index (χ4v) is 3.15. The predicted molar refractivity (Wildman–Crippen MR) is 81.6 cm³/mol. The van der Waals surface area contributed by atoms with E-state index in [1.807, 2.05) is 14.0 Å². The number of fused-ring (bicyclic) bond motifs is 1. The summed E-state index contributed by atoms with van der Waals surface area (Å²) in [6, 6.07) is 4.63. The molecule has 2 aromatic rings. The molecule has 0 fully saturated rings. The SMILES string of the molecule is Cc1nn(C)c(CN2C(=O)CCc3ccc(F)cc32)c1Br. The number of anilines is 1. The largest absolute Gasteiger partial charge is 0.306 e. The minimum absolute atomic E-state index is 0.0128. The molecular formula is C15H15BrFN3O. The number of carbonyl (C=O) groups excluding carboxylic acids is 1.